The van der Waals surface area contributed by atoms with Crippen molar-refractivity contribution >= 4 is 11.8 Å². The zero-order valence-electron chi connectivity index (χ0n) is 14.9. The maximum atomic E-state index is 12.6. The highest BCUT2D eigenvalue weighted by Crippen LogP contribution is 2.29. The molecule has 8 heteroatoms. The molecule has 0 radical (unpaired) electrons. The molecule has 2 saturated heterocycles. The van der Waals surface area contributed by atoms with Gasteiger partial charge >= 0.3 is 12.2 Å². The predicted molar refractivity (Wildman–Crippen MR) is 93.0 cm³/mol. The van der Waals surface area contributed by atoms with Crippen molar-refractivity contribution in [3.05, 3.63) is 23.9 Å². The number of alkyl halides is 3. The molecule has 2 aliphatic heterocycles. The number of rotatable bonds is 2. The fourth-order valence-electron chi connectivity index (χ4n) is 3.63. The van der Waals surface area contributed by atoms with Crippen molar-refractivity contribution in [1.29, 1.82) is 0 Å². The molecule has 0 aliphatic carbocycles. The van der Waals surface area contributed by atoms with Gasteiger partial charge in [-0.3, -0.25) is 0 Å². The first-order chi connectivity index (χ1) is 12.3. The van der Waals surface area contributed by atoms with Crippen molar-refractivity contribution in [1.82, 2.24) is 15.2 Å². The minimum Gasteiger partial charge on any atom is -0.356 e. The zero-order chi connectivity index (χ0) is 18.7. The van der Waals surface area contributed by atoms with Gasteiger partial charge in [-0.25, -0.2) is 9.78 Å². The smallest absolute Gasteiger partial charge is 0.356 e. The first kappa shape index (κ1) is 18.8. The van der Waals surface area contributed by atoms with Crippen molar-refractivity contribution in [3.63, 3.8) is 0 Å². The molecular weight excluding hydrogens is 345 g/mol. The van der Waals surface area contributed by atoms with Gasteiger partial charge in [-0.05, 0) is 43.7 Å². The summed E-state index contributed by atoms with van der Waals surface area (Å²) in [7, 11) is 0. The van der Waals surface area contributed by atoms with E-state index in [1.807, 2.05) is 9.80 Å². The molecule has 2 fully saturated rings. The second-order valence-electron chi connectivity index (χ2n) is 7.31. The molecule has 0 spiro atoms. The number of halogens is 3. The van der Waals surface area contributed by atoms with Gasteiger partial charge in [0.2, 0.25) is 0 Å². The van der Waals surface area contributed by atoms with Crippen LogP contribution in [0, 0.1) is 5.92 Å². The second-order valence-corrected chi connectivity index (χ2v) is 7.31. The van der Waals surface area contributed by atoms with E-state index in [4.69, 9.17) is 0 Å². The average Bonchev–Trinajstić information content (AvgIpc) is 2.62. The summed E-state index contributed by atoms with van der Waals surface area (Å²) in [6.07, 6.45) is 0.250. The van der Waals surface area contributed by atoms with Gasteiger partial charge in [0.1, 0.15) is 5.82 Å². The Labute approximate surface area is 151 Å². The van der Waals surface area contributed by atoms with Crippen molar-refractivity contribution < 1.29 is 18.0 Å². The fraction of sp³-hybridized carbons (Fsp3) is 0.667. The van der Waals surface area contributed by atoms with E-state index in [0.29, 0.717) is 24.8 Å². The van der Waals surface area contributed by atoms with Crippen LogP contribution in [0.3, 0.4) is 0 Å². The molecule has 5 nitrogen and oxygen atoms in total. The van der Waals surface area contributed by atoms with Crippen LogP contribution in [0.4, 0.5) is 23.8 Å². The van der Waals surface area contributed by atoms with Gasteiger partial charge < -0.3 is 15.1 Å². The van der Waals surface area contributed by atoms with Crippen molar-refractivity contribution in [3.8, 4) is 0 Å². The normalized spacial score (nSPS) is 22.4. The zero-order valence-corrected chi connectivity index (χ0v) is 14.9. The van der Waals surface area contributed by atoms with Gasteiger partial charge in [0.05, 0.1) is 5.56 Å². The van der Waals surface area contributed by atoms with Gasteiger partial charge in [0.25, 0.3) is 0 Å². The molecular formula is C18H25F3N4O. The predicted octanol–water partition coefficient (Wildman–Crippen LogP) is 3.51. The van der Waals surface area contributed by atoms with Gasteiger partial charge in [0, 0.05) is 38.4 Å². The quantitative estimate of drug-likeness (QED) is 0.867. The van der Waals surface area contributed by atoms with Gasteiger partial charge in [-0.1, -0.05) is 6.92 Å². The lowest BCUT2D eigenvalue weighted by molar-refractivity contribution is -0.137. The minimum atomic E-state index is -4.37. The van der Waals surface area contributed by atoms with Crippen LogP contribution < -0.4 is 10.2 Å². The molecule has 0 unspecified atom stereocenters. The molecule has 0 aromatic carbocycles. The first-order valence-electron chi connectivity index (χ1n) is 9.16. The standard InChI is InChI=1S/C18H25F3N4O/c1-13-3-2-8-25(12-13)17(26)23-15-6-9-24(10-7-15)16-5-4-14(11-22-16)18(19,20)21/h4-5,11,13,15H,2-3,6-10,12H2,1H3,(H,23,26)/t13-/m1/s1. The topological polar surface area (TPSA) is 48.5 Å². The fourth-order valence-corrected chi connectivity index (χ4v) is 3.63. The lowest BCUT2D eigenvalue weighted by Crippen LogP contribution is -2.51. The summed E-state index contributed by atoms with van der Waals surface area (Å²) in [6.45, 7) is 5.11. The summed E-state index contributed by atoms with van der Waals surface area (Å²) in [5.41, 5.74) is -0.737. The SMILES string of the molecule is C[C@@H]1CCCN(C(=O)NC2CCN(c3ccc(C(F)(F)F)cn3)CC2)C1. The van der Waals surface area contributed by atoms with Crippen molar-refractivity contribution in [2.45, 2.75) is 44.8 Å². The number of pyridine rings is 1. The molecule has 3 heterocycles. The molecule has 2 amide bonds. The number of amides is 2. The summed E-state index contributed by atoms with van der Waals surface area (Å²) < 4.78 is 37.8. The van der Waals surface area contributed by atoms with E-state index in [-0.39, 0.29) is 12.1 Å². The van der Waals surface area contributed by atoms with Crippen LogP contribution in [0.1, 0.15) is 38.2 Å². The summed E-state index contributed by atoms with van der Waals surface area (Å²) in [5.74, 6) is 1.09. The number of hydrogen-bond acceptors (Lipinski definition) is 3. The Morgan fingerprint density at radius 3 is 2.50 bits per heavy atom. The number of aromatic nitrogens is 1. The minimum absolute atomic E-state index is 0.00246. The van der Waals surface area contributed by atoms with Gasteiger partial charge in [0.15, 0.2) is 0 Å². The van der Waals surface area contributed by atoms with Gasteiger partial charge in [-0.15, -0.1) is 0 Å². The molecule has 0 bridgehead atoms. The highest BCUT2D eigenvalue weighted by molar-refractivity contribution is 5.74. The third kappa shape index (κ3) is 4.59. The second kappa shape index (κ2) is 7.72. The first-order valence-corrected chi connectivity index (χ1v) is 9.16. The Morgan fingerprint density at radius 2 is 1.92 bits per heavy atom. The van der Waals surface area contributed by atoms with Crippen molar-refractivity contribution in [2.75, 3.05) is 31.1 Å². The number of likely N-dealkylation sites (tertiary alicyclic amines) is 1. The van der Waals surface area contributed by atoms with Crippen LogP contribution in [0.2, 0.25) is 0 Å². The van der Waals surface area contributed by atoms with Gasteiger partial charge in [-0.2, -0.15) is 13.2 Å². The van der Waals surface area contributed by atoms with Crippen LogP contribution in [-0.2, 0) is 6.18 Å². The number of piperidine rings is 2. The molecule has 1 N–H and O–H groups in total. The third-order valence-corrected chi connectivity index (χ3v) is 5.17. The van der Waals surface area contributed by atoms with E-state index in [1.165, 1.54) is 12.5 Å². The highest BCUT2D eigenvalue weighted by atomic mass is 19.4. The summed E-state index contributed by atoms with van der Waals surface area (Å²) in [6, 6.07) is 2.58. The van der Waals surface area contributed by atoms with Crippen LogP contribution >= 0.6 is 0 Å². The number of nitrogens with zero attached hydrogens (tertiary/aromatic N) is 3. The number of carbonyl (C=O) groups excluding carboxylic acids is 1. The Hall–Kier alpha value is -1.99. The number of urea groups is 1. The maximum Gasteiger partial charge on any atom is 0.417 e. The molecule has 3 rings (SSSR count). The van der Waals surface area contributed by atoms with Crippen LogP contribution in [-0.4, -0.2) is 48.1 Å². The maximum absolute atomic E-state index is 12.6. The Morgan fingerprint density at radius 1 is 1.19 bits per heavy atom. The molecule has 26 heavy (non-hydrogen) atoms. The summed E-state index contributed by atoms with van der Waals surface area (Å²) in [4.78, 5) is 20.2. The van der Waals surface area contributed by atoms with E-state index in [0.717, 1.165) is 44.6 Å². The average molecular weight is 370 g/mol. The summed E-state index contributed by atoms with van der Waals surface area (Å²) in [5, 5.41) is 3.10. The van der Waals surface area contributed by atoms with Crippen LogP contribution in [0.5, 0.6) is 0 Å². The molecule has 1 aromatic heterocycles. The lowest BCUT2D eigenvalue weighted by Gasteiger charge is -2.36. The number of nitrogens with one attached hydrogen (secondary N) is 1. The lowest BCUT2D eigenvalue weighted by atomic mass is 10.0. The Balaban J connectivity index is 1.49. The Kier molecular flexibility index (Phi) is 5.58. The number of hydrogen-bond donors (Lipinski definition) is 1. The third-order valence-electron chi connectivity index (χ3n) is 5.17. The largest absolute Gasteiger partial charge is 0.417 e. The van der Waals surface area contributed by atoms with E-state index in [9.17, 15) is 18.0 Å². The van der Waals surface area contributed by atoms with E-state index >= 15 is 0 Å². The summed E-state index contributed by atoms with van der Waals surface area (Å²) >= 11 is 0. The molecule has 1 atom stereocenters. The van der Waals surface area contributed by atoms with Crippen molar-refractivity contribution in [2.24, 2.45) is 5.92 Å². The number of anilines is 1. The molecule has 2 aliphatic rings. The monoisotopic (exact) mass is 370 g/mol. The van der Waals surface area contributed by atoms with E-state index in [2.05, 4.69) is 17.2 Å². The number of carbonyl (C=O) groups is 1. The highest BCUT2D eigenvalue weighted by Gasteiger charge is 2.31. The molecule has 1 aromatic rings. The van der Waals surface area contributed by atoms with Crippen LogP contribution in [0.15, 0.2) is 18.3 Å². The molecule has 144 valence electrons. The van der Waals surface area contributed by atoms with Crippen LogP contribution in [0.25, 0.3) is 0 Å². The van der Waals surface area contributed by atoms with E-state index in [1.54, 1.807) is 0 Å². The van der Waals surface area contributed by atoms with E-state index < -0.39 is 11.7 Å². The Bertz CT molecular complexity index is 612. The molecule has 0 saturated carbocycles.